The van der Waals surface area contributed by atoms with Gasteiger partial charge in [0.05, 0.1) is 6.54 Å². The van der Waals surface area contributed by atoms with Gasteiger partial charge in [-0.2, -0.15) is 0 Å². The number of para-hydroxylation sites is 1. The van der Waals surface area contributed by atoms with Crippen LogP contribution in [0.25, 0.3) is 0 Å². The highest BCUT2D eigenvalue weighted by Gasteiger charge is 2.16. The fraction of sp³-hybridized carbons (Fsp3) is 0.381. The van der Waals surface area contributed by atoms with Gasteiger partial charge in [-0.05, 0) is 49.1 Å². The molecule has 0 saturated heterocycles. The Balaban J connectivity index is 1.79. The first kappa shape index (κ1) is 20.1. The highest BCUT2D eigenvalue weighted by atomic mass is 35.5. The van der Waals surface area contributed by atoms with E-state index in [2.05, 4.69) is 19.2 Å². The second-order valence-electron chi connectivity index (χ2n) is 6.50. The Hall–Kier alpha value is -2.20. The molecular formula is C21H26ClNO3. The lowest BCUT2D eigenvalue weighted by molar-refractivity contribution is -0.127. The molecule has 0 aliphatic heterocycles. The van der Waals surface area contributed by atoms with Crippen LogP contribution in [0.3, 0.4) is 0 Å². The average molecular weight is 376 g/mol. The van der Waals surface area contributed by atoms with E-state index in [9.17, 15) is 4.79 Å². The number of benzene rings is 2. The van der Waals surface area contributed by atoms with Crippen molar-refractivity contribution in [3.05, 3.63) is 58.6 Å². The monoisotopic (exact) mass is 375 g/mol. The van der Waals surface area contributed by atoms with Crippen molar-refractivity contribution in [3.8, 4) is 11.5 Å². The zero-order valence-electron chi connectivity index (χ0n) is 15.7. The van der Waals surface area contributed by atoms with Crippen LogP contribution in [0.1, 0.15) is 37.8 Å². The third kappa shape index (κ3) is 5.67. The van der Waals surface area contributed by atoms with Gasteiger partial charge in [0.15, 0.2) is 6.10 Å². The van der Waals surface area contributed by atoms with Crippen LogP contribution in [-0.2, 0) is 4.79 Å². The summed E-state index contributed by atoms with van der Waals surface area (Å²) in [4.78, 5) is 12.2. The van der Waals surface area contributed by atoms with Crippen LogP contribution in [0.5, 0.6) is 11.5 Å². The van der Waals surface area contributed by atoms with Crippen LogP contribution < -0.4 is 14.8 Å². The van der Waals surface area contributed by atoms with Gasteiger partial charge < -0.3 is 14.8 Å². The molecule has 0 heterocycles. The smallest absolute Gasteiger partial charge is 0.260 e. The van der Waals surface area contributed by atoms with Crippen LogP contribution in [0.4, 0.5) is 0 Å². The van der Waals surface area contributed by atoms with Crippen molar-refractivity contribution < 1.29 is 14.3 Å². The number of rotatable bonds is 8. The van der Waals surface area contributed by atoms with Gasteiger partial charge in [0, 0.05) is 5.02 Å². The number of hydrogen-bond acceptors (Lipinski definition) is 3. The molecule has 4 nitrogen and oxygen atoms in total. The molecule has 2 rings (SSSR count). The largest absolute Gasteiger partial charge is 0.492 e. The van der Waals surface area contributed by atoms with Gasteiger partial charge in [-0.3, -0.25) is 4.79 Å². The highest BCUT2D eigenvalue weighted by Crippen LogP contribution is 2.26. The fourth-order valence-corrected chi connectivity index (χ4v) is 2.63. The normalized spacial score (nSPS) is 11.9. The van der Waals surface area contributed by atoms with E-state index in [0.29, 0.717) is 29.8 Å². The van der Waals surface area contributed by atoms with Crippen molar-refractivity contribution in [1.29, 1.82) is 0 Å². The van der Waals surface area contributed by atoms with Crippen molar-refractivity contribution in [2.75, 3.05) is 13.2 Å². The number of nitrogens with one attached hydrogen (secondary N) is 1. The molecule has 0 aromatic heterocycles. The second-order valence-corrected chi connectivity index (χ2v) is 6.91. The molecular weight excluding hydrogens is 350 g/mol. The predicted molar refractivity (Wildman–Crippen MR) is 105 cm³/mol. The Morgan fingerprint density at radius 2 is 1.88 bits per heavy atom. The maximum atomic E-state index is 12.2. The number of hydrogen-bond donors (Lipinski definition) is 1. The minimum Gasteiger partial charge on any atom is -0.492 e. The van der Waals surface area contributed by atoms with E-state index >= 15 is 0 Å². The summed E-state index contributed by atoms with van der Waals surface area (Å²) in [5.41, 5.74) is 2.09. The zero-order valence-corrected chi connectivity index (χ0v) is 16.5. The second kappa shape index (κ2) is 9.48. The van der Waals surface area contributed by atoms with Gasteiger partial charge in [0.25, 0.3) is 5.91 Å². The SMILES string of the molecule is Cc1ccc(OCCNC(=O)C(C)Oc2ccccc2C(C)C)cc1Cl. The third-order valence-electron chi connectivity index (χ3n) is 4.03. The predicted octanol–water partition coefficient (Wildman–Crippen LogP) is 4.73. The molecule has 1 N–H and O–H groups in total. The standard InChI is InChI=1S/C21H26ClNO3/c1-14(2)18-7-5-6-8-20(18)26-16(4)21(24)23-11-12-25-17-10-9-15(3)19(22)13-17/h5-10,13-14,16H,11-12H2,1-4H3,(H,23,24). The Kier molecular flexibility index (Phi) is 7.34. The highest BCUT2D eigenvalue weighted by molar-refractivity contribution is 6.31. The molecule has 1 amide bonds. The molecule has 0 spiro atoms. The van der Waals surface area contributed by atoms with Crippen molar-refractivity contribution in [3.63, 3.8) is 0 Å². The van der Waals surface area contributed by atoms with E-state index in [1.54, 1.807) is 13.0 Å². The van der Waals surface area contributed by atoms with Crippen LogP contribution in [0, 0.1) is 6.92 Å². The lowest BCUT2D eigenvalue weighted by Gasteiger charge is -2.18. The van der Waals surface area contributed by atoms with Crippen LogP contribution >= 0.6 is 11.6 Å². The summed E-state index contributed by atoms with van der Waals surface area (Å²) < 4.78 is 11.4. The fourth-order valence-electron chi connectivity index (χ4n) is 2.46. The molecule has 2 aromatic rings. The summed E-state index contributed by atoms with van der Waals surface area (Å²) in [6.45, 7) is 8.63. The molecule has 0 saturated carbocycles. The summed E-state index contributed by atoms with van der Waals surface area (Å²) in [6, 6.07) is 13.3. The van der Waals surface area contributed by atoms with E-state index in [-0.39, 0.29) is 5.91 Å². The van der Waals surface area contributed by atoms with Gasteiger partial charge in [0.1, 0.15) is 18.1 Å². The Bertz CT molecular complexity index is 746. The minimum absolute atomic E-state index is 0.172. The van der Waals surface area contributed by atoms with Crippen LogP contribution in [0.15, 0.2) is 42.5 Å². The van der Waals surface area contributed by atoms with Gasteiger partial charge in [-0.25, -0.2) is 0 Å². The van der Waals surface area contributed by atoms with Crippen LogP contribution in [-0.4, -0.2) is 25.2 Å². The molecule has 0 radical (unpaired) electrons. The van der Waals surface area contributed by atoms with Gasteiger partial charge >= 0.3 is 0 Å². The first-order chi connectivity index (χ1) is 12.4. The van der Waals surface area contributed by atoms with Crippen LogP contribution in [0.2, 0.25) is 5.02 Å². The van der Waals surface area contributed by atoms with Crippen molar-refractivity contribution in [2.45, 2.75) is 39.7 Å². The topological polar surface area (TPSA) is 47.6 Å². The molecule has 0 bridgehead atoms. The van der Waals surface area contributed by atoms with Gasteiger partial charge in [0.2, 0.25) is 0 Å². The first-order valence-electron chi connectivity index (χ1n) is 8.80. The van der Waals surface area contributed by atoms with E-state index in [0.717, 1.165) is 16.9 Å². The lowest BCUT2D eigenvalue weighted by atomic mass is 10.0. The number of carbonyl (C=O) groups excluding carboxylic acids is 1. The first-order valence-corrected chi connectivity index (χ1v) is 9.18. The molecule has 140 valence electrons. The number of halogens is 1. The van der Waals surface area contributed by atoms with Gasteiger partial charge in [-0.15, -0.1) is 0 Å². The summed E-state index contributed by atoms with van der Waals surface area (Å²) in [6.07, 6.45) is -0.580. The van der Waals surface area contributed by atoms with E-state index in [1.165, 1.54) is 0 Å². The van der Waals surface area contributed by atoms with Crippen molar-refractivity contribution in [1.82, 2.24) is 5.32 Å². The van der Waals surface area contributed by atoms with E-state index in [1.807, 2.05) is 43.3 Å². The number of carbonyl (C=O) groups is 1. The molecule has 26 heavy (non-hydrogen) atoms. The van der Waals surface area contributed by atoms with Crippen molar-refractivity contribution >= 4 is 17.5 Å². The molecule has 5 heteroatoms. The maximum Gasteiger partial charge on any atom is 0.260 e. The molecule has 0 aliphatic carbocycles. The van der Waals surface area contributed by atoms with E-state index in [4.69, 9.17) is 21.1 Å². The number of aryl methyl sites for hydroxylation is 1. The number of amides is 1. The molecule has 1 unspecified atom stereocenters. The molecule has 0 fully saturated rings. The molecule has 2 aromatic carbocycles. The van der Waals surface area contributed by atoms with Gasteiger partial charge in [-0.1, -0.05) is 49.7 Å². The maximum absolute atomic E-state index is 12.2. The lowest BCUT2D eigenvalue weighted by Crippen LogP contribution is -2.38. The summed E-state index contributed by atoms with van der Waals surface area (Å²) in [7, 11) is 0. The minimum atomic E-state index is -0.580. The Labute approximate surface area is 160 Å². The number of ether oxygens (including phenoxy) is 2. The summed E-state index contributed by atoms with van der Waals surface area (Å²) in [5.74, 6) is 1.59. The summed E-state index contributed by atoms with van der Waals surface area (Å²) in [5, 5.41) is 3.49. The molecule has 0 aliphatic rings. The quantitative estimate of drug-likeness (QED) is 0.678. The average Bonchev–Trinajstić information content (AvgIpc) is 2.61. The zero-order chi connectivity index (χ0) is 19.1. The summed E-state index contributed by atoms with van der Waals surface area (Å²) >= 11 is 6.06. The van der Waals surface area contributed by atoms with Crippen molar-refractivity contribution in [2.24, 2.45) is 0 Å². The Morgan fingerprint density at radius 3 is 2.58 bits per heavy atom. The molecule has 1 atom stereocenters. The van der Waals surface area contributed by atoms with E-state index < -0.39 is 6.10 Å². The Morgan fingerprint density at radius 1 is 1.15 bits per heavy atom. The third-order valence-corrected chi connectivity index (χ3v) is 4.43.